The summed E-state index contributed by atoms with van der Waals surface area (Å²) in [6, 6.07) is 5.48. The summed E-state index contributed by atoms with van der Waals surface area (Å²) in [6.07, 6.45) is 0. The molecule has 0 saturated carbocycles. The van der Waals surface area contributed by atoms with Gasteiger partial charge in [-0.25, -0.2) is 4.39 Å². The lowest BCUT2D eigenvalue weighted by atomic mass is 10.1. The fraction of sp³-hybridized carbons (Fsp3) is 0.571. The van der Waals surface area contributed by atoms with Gasteiger partial charge in [0.05, 0.1) is 6.61 Å². The van der Waals surface area contributed by atoms with E-state index in [9.17, 15) is 4.39 Å². The van der Waals surface area contributed by atoms with E-state index >= 15 is 0 Å². The second-order valence-corrected chi connectivity index (χ2v) is 4.57. The molecule has 1 aromatic carbocycles. The molecule has 18 heavy (non-hydrogen) atoms. The number of hydrogen-bond acceptors (Lipinski definition) is 3. The fourth-order valence-electron chi connectivity index (χ4n) is 1.69. The Morgan fingerprint density at radius 2 is 2.17 bits per heavy atom. The number of aryl methyl sites for hydroxylation is 1. The van der Waals surface area contributed by atoms with Gasteiger partial charge < -0.3 is 15.4 Å². The van der Waals surface area contributed by atoms with Gasteiger partial charge in [-0.2, -0.15) is 0 Å². The molecule has 0 saturated heterocycles. The van der Waals surface area contributed by atoms with E-state index in [1.165, 1.54) is 6.07 Å². The maximum Gasteiger partial charge on any atom is 0.127 e. The zero-order chi connectivity index (χ0) is 13.4. The Labute approximate surface area is 109 Å². The minimum absolute atomic E-state index is 0.146. The molecule has 0 aliphatic rings. The van der Waals surface area contributed by atoms with Crippen LogP contribution < -0.4 is 10.6 Å². The van der Waals surface area contributed by atoms with Crippen LogP contribution in [-0.2, 0) is 11.3 Å². The van der Waals surface area contributed by atoms with Gasteiger partial charge in [-0.15, -0.1) is 0 Å². The molecule has 0 bridgehead atoms. The van der Waals surface area contributed by atoms with Crippen molar-refractivity contribution >= 4 is 0 Å². The quantitative estimate of drug-likeness (QED) is 0.695. The van der Waals surface area contributed by atoms with Gasteiger partial charge in [0.2, 0.25) is 0 Å². The van der Waals surface area contributed by atoms with Gasteiger partial charge in [0.15, 0.2) is 0 Å². The van der Waals surface area contributed by atoms with Crippen LogP contribution in [0.15, 0.2) is 18.2 Å². The normalized spacial score (nSPS) is 12.7. The van der Waals surface area contributed by atoms with Crippen LogP contribution in [0.25, 0.3) is 0 Å². The van der Waals surface area contributed by atoms with Gasteiger partial charge >= 0.3 is 0 Å². The second kappa shape index (κ2) is 8.19. The van der Waals surface area contributed by atoms with Crippen molar-refractivity contribution in [3.63, 3.8) is 0 Å². The van der Waals surface area contributed by atoms with Crippen molar-refractivity contribution in [1.29, 1.82) is 0 Å². The van der Waals surface area contributed by atoms with Crippen LogP contribution in [0.1, 0.15) is 18.1 Å². The second-order valence-electron chi connectivity index (χ2n) is 4.57. The Bertz CT molecular complexity index is 358. The molecular formula is C14H23FN2O. The average molecular weight is 254 g/mol. The molecule has 0 amide bonds. The summed E-state index contributed by atoms with van der Waals surface area (Å²) in [5, 5.41) is 6.57. The molecular weight excluding hydrogens is 231 g/mol. The first-order valence-corrected chi connectivity index (χ1v) is 6.31. The molecule has 1 rings (SSSR count). The smallest absolute Gasteiger partial charge is 0.127 e. The summed E-state index contributed by atoms with van der Waals surface area (Å²) in [7, 11) is 1.68. The Balaban J connectivity index is 2.29. The molecule has 0 aliphatic heterocycles. The van der Waals surface area contributed by atoms with Crippen LogP contribution in [0.5, 0.6) is 0 Å². The number of benzene rings is 1. The predicted molar refractivity (Wildman–Crippen MR) is 72.2 cm³/mol. The average Bonchev–Trinajstić information content (AvgIpc) is 2.36. The lowest BCUT2D eigenvalue weighted by Gasteiger charge is -2.15. The summed E-state index contributed by atoms with van der Waals surface area (Å²) in [5.74, 6) is -0.146. The number of nitrogens with one attached hydrogen (secondary N) is 2. The molecule has 0 radical (unpaired) electrons. The van der Waals surface area contributed by atoms with Crippen molar-refractivity contribution < 1.29 is 9.13 Å². The molecule has 0 fully saturated rings. The van der Waals surface area contributed by atoms with Crippen LogP contribution in [0, 0.1) is 12.7 Å². The van der Waals surface area contributed by atoms with Crippen molar-refractivity contribution in [2.24, 2.45) is 0 Å². The summed E-state index contributed by atoms with van der Waals surface area (Å²) >= 11 is 0. The van der Waals surface area contributed by atoms with Crippen molar-refractivity contribution in [2.45, 2.75) is 26.4 Å². The van der Waals surface area contributed by atoms with Gasteiger partial charge in [0.1, 0.15) is 5.82 Å². The highest BCUT2D eigenvalue weighted by Crippen LogP contribution is 2.09. The third kappa shape index (κ3) is 5.58. The molecule has 1 unspecified atom stereocenters. The molecule has 3 nitrogen and oxygen atoms in total. The number of halogens is 1. The van der Waals surface area contributed by atoms with Gasteiger partial charge in [0.25, 0.3) is 0 Å². The van der Waals surface area contributed by atoms with Crippen LogP contribution in [0.3, 0.4) is 0 Å². The van der Waals surface area contributed by atoms with Gasteiger partial charge in [-0.3, -0.25) is 0 Å². The van der Waals surface area contributed by atoms with Crippen molar-refractivity contribution in [3.8, 4) is 0 Å². The molecule has 0 aromatic heterocycles. The van der Waals surface area contributed by atoms with E-state index in [4.69, 9.17) is 4.74 Å². The summed E-state index contributed by atoms with van der Waals surface area (Å²) in [6.45, 7) is 6.99. The Morgan fingerprint density at radius 3 is 2.89 bits per heavy atom. The standard InChI is InChI=1S/C14H23FN2O/c1-11-4-5-14(15)13(8-11)10-17-12(2)9-16-6-7-18-3/h4-5,8,12,16-17H,6-7,9-10H2,1-3H3. The van der Waals surface area contributed by atoms with Gasteiger partial charge in [-0.05, 0) is 19.9 Å². The molecule has 4 heteroatoms. The maximum absolute atomic E-state index is 13.5. The molecule has 0 spiro atoms. The van der Waals surface area contributed by atoms with E-state index in [0.717, 1.165) is 24.2 Å². The van der Waals surface area contributed by atoms with E-state index in [2.05, 4.69) is 17.6 Å². The first kappa shape index (κ1) is 15.1. The lowest BCUT2D eigenvalue weighted by Crippen LogP contribution is -2.37. The number of ether oxygens (including phenoxy) is 1. The van der Waals surface area contributed by atoms with Crippen LogP contribution >= 0.6 is 0 Å². The first-order chi connectivity index (χ1) is 8.63. The Morgan fingerprint density at radius 1 is 1.39 bits per heavy atom. The highest BCUT2D eigenvalue weighted by molar-refractivity contribution is 5.23. The molecule has 102 valence electrons. The molecule has 0 aliphatic carbocycles. The minimum Gasteiger partial charge on any atom is -0.383 e. The summed E-state index contributed by atoms with van der Waals surface area (Å²) < 4.78 is 18.4. The lowest BCUT2D eigenvalue weighted by molar-refractivity contribution is 0.198. The number of rotatable bonds is 8. The first-order valence-electron chi connectivity index (χ1n) is 6.31. The molecule has 1 aromatic rings. The van der Waals surface area contributed by atoms with E-state index in [0.29, 0.717) is 19.2 Å². The van der Waals surface area contributed by atoms with Crippen molar-refractivity contribution in [1.82, 2.24) is 10.6 Å². The molecule has 2 N–H and O–H groups in total. The number of hydrogen-bond donors (Lipinski definition) is 2. The summed E-state index contributed by atoms with van der Waals surface area (Å²) in [5.41, 5.74) is 1.80. The largest absolute Gasteiger partial charge is 0.383 e. The van der Waals surface area contributed by atoms with Crippen LogP contribution in [0.2, 0.25) is 0 Å². The van der Waals surface area contributed by atoms with Crippen molar-refractivity contribution in [3.05, 3.63) is 35.1 Å². The van der Waals surface area contributed by atoms with E-state index < -0.39 is 0 Å². The topological polar surface area (TPSA) is 33.3 Å². The maximum atomic E-state index is 13.5. The number of methoxy groups -OCH3 is 1. The SMILES string of the molecule is COCCNCC(C)NCc1cc(C)ccc1F. The minimum atomic E-state index is -0.146. The third-order valence-electron chi connectivity index (χ3n) is 2.78. The highest BCUT2D eigenvalue weighted by Gasteiger charge is 2.05. The van der Waals surface area contributed by atoms with Crippen LogP contribution in [0.4, 0.5) is 4.39 Å². The van der Waals surface area contributed by atoms with Crippen LogP contribution in [-0.4, -0.2) is 32.8 Å². The van der Waals surface area contributed by atoms with E-state index in [1.54, 1.807) is 13.2 Å². The fourth-order valence-corrected chi connectivity index (χ4v) is 1.69. The highest BCUT2D eigenvalue weighted by atomic mass is 19.1. The zero-order valence-electron chi connectivity index (χ0n) is 11.4. The molecule has 1 atom stereocenters. The predicted octanol–water partition coefficient (Wildman–Crippen LogP) is 1.85. The van der Waals surface area contributed by atoms with E-state index in [-0.39, 0.29) is 5.82 Å². The zero-order valence-corrected chi connectivity index (χ0v) is 11.4. The van der Waals surface area contributed by atoms with E-state index in [1.807, 2.05) is 13.0 Å². The monoisotopic (exact) mass is 254 g/mol. The van der Waals surface area contributed by atoms with Gasteiger partial charge in [-0.1, -0.05) is 17.7 Å². The third-order valence-corrected chi connectivity index (χ3v) is 2.78. The van der Waals surface area contributed by atoms with Crippen molar-refractivity contribution in [2.75, 3.05) is 26.8 Å². The van der Waals surface area contributed by atoms with Gasteiger partial charge in [0, 0.05) is 38.3 Å². The Hall–Kier alpha value is -0.970. The Kier molecular flexibility index (Phi) is 6.86. The summed E-state index contributed by atoms with van der Waals surface area (Å²) in [4.78, 5) is 0. The molecule has 0 heterocycles.